The van der Waals surface area contributed by atoms with Gasteiger partial charge in [0.1, 0.15) is 17.2 Å². The lowest BCUT2D eigenvalue weighted by molar-refractivity contribution is 0.0765. The second-order valence-corrected chi connectivity index (χ2v) is 13.2. The second-order valence-electron chi connectivity index (χ2n) is 10.6. The molecule has 2 fully saturated rings. The summed E-state index contributed by atoms with van der Waals surface area (Å²) in [7, 11) is -3.10. The molecule has 0 spiro atoms. The summed E-state index contributed by atoms with van der Waals surface area (Å²) in [5.74, 6) is 1.22. The number of anilines is 2. The molecule has 4 rings (SSSR count). The largest absolute Gasteiger partial charge is 0.390 e. The van der Waals surface area contributed by atoms with E-state index in [2.05, 4.69) is 22.5 Å². The van der Waals surface area contributed by atoms with Gasteiger partial charge in [-0.1, -0.05) is 0 Å². The summed E-state index contributed by atoms with van der Waals surface area (Å²) in [5, 5.41) is 15.3. The number of morpholine rings is 1. The van der Waals surface area contributed by atoms with Gasteiger partial charge in [0.2, 0.25) is 0 Å². The smallest absolute Gasteiger partial charge is 0.319 e. The van der Waals surface area contributed by atoms with Crippen molar-refractivity contribution >= 4 is 28.1 Å². The van der Waals surface area contributed by atoms with Crippen molar-refractivity contribution in [1.29, 1.82) is 0 Å². The number of rotatable bonds is 10. The normalized spacial score (nSPS) is 19.7. The van der Waals surface area contributed by atoms with E-state index >= 15 is 0 Å². The van der Waals surface area contributed by atoms with Crippen molar-refractivity contribution in [3.8, 4) is 11.4 Å². The first kappa shape index (κ1) is 28.5. The Balaban J connectivity index is 1.67. The highest BCUT2D eigenvalue weighted by molar-refractivity contribution is 8.25. The topological polar surface area (TPSA) is 140 Å². The van der Waals surface area contributed by atoms with E-state index in [1.807, 2.05) is 6.07 Å². The summed E-state index contributed by atoms with van der Waals surface area (Å²) < 4.78 is 39.6. The Hall–Kier alpha value is -2.51. The minimum Gasteiger partial charge on any atom is -0.390 e. The van der Waals surface area contributed by atoms with Gasteiger partial charge in [-0.05, 0) is 64.3 Å². The van der Waals surface area contributed by atoms with Crippen molar-refractivity contribution in [2.24, 2.45) is 0 Å². The third-order valence-electron chi connectivity index (χ3n) is 6.95. The average Bonchev–Trinajstić information content (AvgIpc) is 3.69. The van der Waals surface area contributed by atoms with Crippen LogP contribution < -0.4 is 15.5 Å². The van der Waals surface area contributed by atoms with E-state index in [9.17, 15) is 23.4 Å². The molecule has 10 nitrogen and oxygen atoms in total. The molecule has 12 heteroatoms. The zero-order valence-corrected chi connectivity index (χ0v) is 22.9. The standard InChI is InChI=1S/C26H38FN5O5S/c1-18-17-37-14-13-32(18)22-16-21(26(8-9-26)38(35,36)15-10-25(2,3)34)30-23(31-22)19-4-6-20(7-5-19)29-24(33)28-12-11-27/h4-7,16,18,34-36H,8-15,17H2,1-3H3,(H2,28,29,33)/t18-/m0/s1. The SMILES string of the molecule is C[C@H]1COCCN1c1cc(C2(S(O)(O)CCC(C)(C)O)CC2)nc(-c2ccc(NC(=O)NCCF)cc2)n1. The molecule has 0 unspecified atom stereocenters. The first-order valence-corrected chi connectivity index (χ1v) is 14.6. The Labute approximate surface area is 224 Å². The predicted octanol–water partition coefficient (Wildman–Crippen LogP) is 4.36. The van der Waals surface area contributed by atoms with Crippen LogP contribution in [0.3, 0.4) is 0 Å². The van der Waals surface area contributed by atoms with E-state index in [4.69, 9.17) is 14.7 Å². The van der Waals surface area contributed by atoms with Gasteiger partial charge in [-0.25, -0.2) is 19.2 Å². The van der Waals surface area contributed by atoms with Gasteiger partial charge in [0, 0.05) is 36.2 Å². The number of alkyl halides is 1. The molecule has 1 aromatic carbocycles. The summed E-state index contributed by atoms with van der Waals surface area (Å²) in [5.41, 5.74) is 0.804. The Bertz CT molecular complexity index is 1120. The number of aliphatic hydroxyl groups is 1. The van der Waals surface area contributed by atoms with E-state index in [-0.39, 0.29) is 24.8 Å². The number of halogens is 1. The molecule has 2 aliphatic rings. The van der Waals surface area contributed by atoms with Crippen molar-refractivity contribution in [3.63, 3.8) is 0 Å². The summed E-state index contributed by atoms with van der Waals surface area (Å²) in [6, 6.07) is 8.43. The molecule has 2 aromatic rings. The van der Waals surface area contributed by atoms with Gasteiger partial charge < -0.3 is 25.4 Å². The van der Waals surface area contributed by atoms with Gasteiger partial charge in [-0.3, -0.25) is 9.11 Å². The molecule has 2 amide bonds. The van der Waals surface area contributed by atoms with Crippen LogP contribution in [0, 0.1) is 0 Å². The molecule has 1 saturated carbocycles. The number of urea groups is 1. The highest BCUT2D eigenvalue weighted by Gasteiger charge is 2.56. The Morgan fingerprint density at radius 2 is 1.97 bits per heavy atom. The van der Waals surface area contributed by atoms with Crippen LogP contribution in [-0.4, -0.2) is 80.6 Å². The predicted molar refractivity (Wildman–Crippen MR) is 148 cm³/mol. The highest BCUT2D eigenvalue weighted by Crippen LogP contribution is 2.72. The Kier molecular flexibility index (Phi) is 8.48. The van der Waals surface area contributed by atoms with E-state index < -0.39 is 33.6 Å². The van der Waals surface area contributed by atoms with Crippen LogP contribution >= 0.6 is 10.6 Å². The van der Waals surface area contributed by atoms with Crippen molar-refractivity contribution in [1.82, 2.24) is 15.3 Å². The lowest BCUT2D eigenvalue weighted by Crippen LogP contribution is -2.44. The molecule has 1 saturated heterocycles. The highest BCUT2D eigenvalue weighted by atomic mass is 32.3. The van der Waals surface area contributed by atoms with Crippen molar-refractivity contribution in [2.45, 2.75) is 56.4 Å². The minimum atomic E-state index is -3.10. The monoisotopic (exact) mass is 551 g/mol. The number of nitrogens with one attached hydrogen (secondary N) is 2. The molecule has 5 N–H and O–H groups in total. The maximum Gasteiger partial charge on any atom is 0.319 e. The van der Waals surface area contributed by atoms with Crippen LogP contribution in [0.1, 0.15) is 45.7 Å². The number of aromatic nitrogens is 2. The van der Waals surface area contributed by atoms with Crippen LogP contribution in [0.15, 0.2) is 30.3 Å². The molecule has 0 radical (unpaired) electrons. The quantitative estimate of drug-likeness (QED) is 0.293. The van der Waals surface area contributed by atoms with Gasteiger partial charge in [0.25, 0.3) is 0 Å². The first-order chi connectivity index (χ1) is 17.9. The average molecular weight is 552 g/mol. The summed E-state index contributed by atoms with van der Waals surface area (Å²) in [6.07, 6.45) is 1.44. The van der Waals surface area contributed by atoms with E-state index in [0.717, 1.165) is 0 Å². The first-order valence-electron chi connectivity index (χ1n) is 12.9. The zero-order chi connectivity index (χ0) is 27.6. The van der Waals surface area contributed by atoms with Gasteiger partial charge in [0.05, 0.1) is 30.6 Å². The van der Waals surface area contributed by atoms with Crippen LogP contribution in [0.5, 0.6) is 0 Å². The van der Waals surface area contributed by atoms with Crippen molar-refractivity contribution < 1.29 is 28.1 Å². The number of hydrogen-bond acceptors (Lipinski definition) is 8. The van der Waals surface area contributed by atoms with Gasteiger partial charge >= 0.3 is 6.03 Å². The number of carbonyl (C=O) groups excluding carboxylic acids is 1. The number of carbonyl (C=O) groups is 1. The van der Waals surface area contributed by atoms with Crippen LogP contribution in [0.4, 0.5) is 20.7 Å². The second kappa shape index (κ2) is 11.3. The Morgan fingerprint density at radius 3 is 2.58 bits per heavy atom. The number of ether oxygens (including phenoxy) is 1. The van der Waals surface area contributed by atoms with Crippen molar-refractivity contribution in [3.05, 3.63) is 36.0 Å². The third-order valence-corrected chi connectivity index (χ3v) is 9.59. The molecule has 0 bridgehead atoms. The number of amides is 2. The molecular formula is C26H38FN5O5S. The van der Waals surface area contributed by atoms with E-state index in [0.29, 0.717) is 61.2 Å². The van der Waals surface area contributed by atoms with Crippen molar-refractivity contribution in [2.75, 3.05) is 48.9 Å². The molecule has 38 heavy (non-hydrogen) atoms. The van der Waals surface area contributed by atoms with Gasteiger partial charge in [0.15, 0.2) is 5.82 Å². The number of hydrogen-bond donors (Lipinski definition) is 5. The van der Waals surface area contributed by atoms with Gasteiger partial charge in [-0.2, -0.15) is 10.6 Å². The van der Waals surface area contributed by atoms with Gasteiger partial charge in [-0.15, -0.1) is 0 Å². The lowest BCUT2D eigenvalue weighted by atomic mass is 10.1. The molecular weight excluding hydrogens is 513 g/mol. The Morgan fingerprint density at radius 1 is 1.26 bits per heavy atom. The number of benzene rings is 1. The van der Waals surface area contributed by atoms with Crippen LogP contribution in [0.25, 0.3) is 11.4 Å². The number of nitrogens with zero attached hydrogens (tertiary/aromatic N) is 3. The molecule has 1 aliphatic heterocycles. The molecule has 2 heterocycles. The molecule has 1 atom stereocenters. The summed E-state index contributed by atoms with van der Waals surface area (Å²) in [4.78, 5) is 23.7. The molecule has 210 valence electrons. The van der Waals surface area contributed by atoms with E-state index in [1.54, 1.807) is 38.1 Å². The maximum absolute atomic E-state index is 12.3. The fourth-order valence-corrected chi connectivity index (χ4v) is 6.87. The zero-order valence-electron chi connectivity index (χ0n) is 22.1. The summed E-state index contributed by atoms with van der Waals surface area (Å²) in [6.45, 7) is 6.44. The van der Waals surface area contributed by atoms with Crippen LogP contribution in [-0.2, 0) is 9.48 Å². The summed E-state index contributed by atoms with van der Waals surface area (Å²) >= 11 is 0. The minimum absolute atomic E-state index is 0.0654. The fourth-order valence-electron chi connectivity index (χ4n) is 4.50. The van der Waals surface area contributed by atoms with E-state index in [1.165, 1.54) is 0 Å². The molecule has 1 aliphatic carbocycles. The molecule has 1 aromatic heterocycles. The maximum atomic E-state index is 12.3. The third kappa shape index (κ3) is 6.55. The lowest BCUT2D eigenvalue weighted by Gasteiger charge is -2.42. The van der Waals surface area contributed by atoms with Crippen LogP contribution in [0.2, 0.25) is 0 Å². The fraction of sp³-hybridized carbons (Fsp3) is 0.577.